The van der Waals surface area contributed by atoms with E-state index in [-0.39, 0.29) is 5.91 Å². The highest BCUT2D eigenvalue weighted by atomic mass is 32.1. The third-order valence-corrected chi connectivity index (χ3v) is 4.47. The second-order valence-corrected chi connectivity index (χ2v) is 6.47. The Labute approximate surface area is 136 Å². The van der Waals surface area contributed by atoms with Crippen molar-refractivity contribution in [3.63, 3.8) is 0 Å². The summed E-state index contributed by atoms with van der Waals surface area (Å²) in [5.74, 6) is 0.772. The van der Waals surface area contributed by atoms with Gasteiger partial charge in [-0.05, 0) is 29.1 Å². The highest BCUT2D eigenvalue weighted by molar-refractivity contribution is 7.11. The molecular weight excluding hydrogens is 316 g/mol. The standard InChI is InChI=1S/C16H14N2O2S2/c19-15(10-14-2-1-8-21-14)18-11-12-3-5-13(6-4-12)20-16-17-7-9-22-16/h1-9H,10-11H2,(H,18,19). The van der Waals surface area contributed by atoms with E-state index in [4.69, 9.17) is 4.74 Å². The molecule has 1 amide bonds. The number of benzene rings is 1. The summed E-state index contributed by atoms with van der Waals surface area (Å²) in [6.07, 6.45) is 2.14. The molecule has 1 N–H and O–H groups in total. The molecule has 4 nitrogen and oxygen atoms in total. The Morgan fingerprint density at radius 1 is 1.14 bits per heavy atom. The van der Waals surface area contributed by atoms with Crippen LogP contribution in [0, 0.1) is 0 Å². The van der Waals surface area contributed by atoms with Crippen LogP contribution in [0.4, 0.5) is 0 Å². The Bertz CT molecular complexity index is 707. The van der Waals surface area contributed by atoms with E-state index in [1.807, 2.05) is 47.2 Å². The highest BCUT2D eigenvalue weighted by Gasteiger charge is 2.04. The fourth-order valence-corrected chi connectivity index (χ4v) is 3.08. The zero-order chi connectivity index (χ0) is 15.2. The lowest BCUT2D eigenvalue weighted by Crippen LogP contribution is -2.24. The van der Waals surface area contributed by atoms with E-state index in [0.717, 1.165) is 16.2 Å². The Morgan fingerprint density at radius 2 is 2.00 bits per heavy atom. The maximum atomic E-state index is 11.8. The van der Waals surface area contributed by atoms with Crippen molar-refractivity contribution in [1.82, 2.24) is 10.3 Å². The van der Waals surface area contributed by atoms with Gasteiger partial charge in [-0.25, -0.2) is 4.98 Å². The van der Waals surface area contributed by atoms with Crippen LogP contribution in [0.3, 0.4) is 0 Å². The number of amides is 1. The summed E-state index contributed by atoms with van der Waals surface area (Å²) in [5.41, 5.74) is 1.03. The first kappa shape index (κ1) is 14.7. The number of aromatic nitrogens is 1. The van der Waals surface area contributed by atoms with Gasteiger partial charge in [-0.15, -0.1) is 11.3 Å². The van der Waals surface area contributed by atoms with E-state index in [0.29, 0.717) is 18.2 Å². The summed E-state index contributed by atoms with van der Waals surface area (Å²) < 4.78 is 5.59. The average Bonchev–Trinajstić information content (AvgIpc) is 3.20. The van der Waals surface area contributed by atoms with Crippen LogP contribution < -0.4 is 10.1 Å². The van der Waals surface area contributed by atoms with Crippen molar-refractivity contribution in [1.29, 1.82) is 0 Å². The van der Waals surface area contributed by atoms with Gasteiger partial charge in [-0.1, -0.05) is 29.5 Å². The lowest BCUT2D eigenvalue weighted by Gasteiger charge is -2.06. The summed E-state index contributed by atoms with van der Waals surface area (Å²) in [6.45, 7) is 0.516. The molecule has 112 valence electrons. The van der Waals surface area contributed by atoms with Crippen LogP contribution >= 0.6 is 22.7 Å². The second kappa shape index (κ2) is 7.20. The first-order valence-electron chi connectivity index (χ1n) is 6.75. The molecule has 2 heterocycles. The van der Waals surface area contributed by atoms with Gasteiger partial charge in [0.2, 0.25) is 5.91 Å². The first-order chi connectivity index (χ1) is 10.8. The van der Waals surface area contributed by atoms with Crippen molar-refractivity contribution in [3.05, 3.63) is 63.8 Å². The van der Waals surface area contributed by atoms with E-state index in [1.54, 1.807) is 17.5 Å². The van der Waals surface area contributed by atoms with Gasteiger partial charge < -0.3 is 10.1 Å². The number of thiazole rings is 1. The topological polar surface area (TPSA) is 51.2 Å². The smallest absolute Gasteiger partial charge is 0.278 e. The number of hydrogen-bond acceptors (Lipinski definition) is 5. The lowest BCUT2D eigenvalue weighted by molar-refractivity contribution is -0.120. The molecule has 22 heavy (non-hydrogen) atoms. The van der Waals surface area contributed by atoms with Crippen molar-refractivity contribution >= 4 is 28.6 Å². The maximum Gasteiger partial charge on any atom is 0.278 e. The minimum atomic E-state index is 0.0329. The minimum absolute atomic E-state index is 0.0329. The fourth-order valence-electron chi connectivity index (χ4n) is 1.87. The summed E-state index contributed by atoms with van der Waals surface area (Å²) >= 11 is 3.04. The molecule has 0 atom stereocenters. The number of nitrogens with zero attached hydrogens (tertiary/aromatic N) is 1. The number of ether oxygens (including phenoxy) is 1. The number of carbonyl (C=O) groups is 1. The molecule has 3 aromatic rings. The van der Waals surface area contributed by atoms with Gasteiger partial charge in [0.1, 0.15) is 5.75 Å². The third-order valence-electron chi connectivity index (χ3n) is 2.94. The molecule has 1 aromatic carbocycles. The molecule has 2 aromatic heterocycles. The van der Waals surface area contributed by atoms with E-state index >= 15 is 0 Å². The van der Waals surface area contributed by atoms with Gasteiger partial charge in [-0.3, -0.25) is 4.79 Å². The molecule has 0 unspecified atom stereocenters. The average molecular weight is 330 g/mol. The van der Waals surface area contributed by atoms with Crippen LogP contribution in [-0.4, -0.2) is 10.9 Å². The number of carbonyl (C=O) groups excluding carboxylic acids is 1. The minimum Gasteiger partial charge on any atom is -0.431 e. The summed E-state index contributed by atoms with van der Waals surface area (Å²) in [5, 5.41) is 7.38. The first-order valence-corrected chi connectivity index (χ1v) is 8.51. The number of hydrogen-bond donors (Lipinski definition) is 1. The molecule has 0 saturated carbocycles. The monoisotopic (exact) mass is 330 g/mol. The van der Waals surface area contributed by atoms with E-state index in [1.165, 1.54) is 11.3 Å². The lowest BCUT2D eigenvalue weighted by atomic mass is 10.2. The van der Waals surface area contributed by atoms with Crippen LogP contribution in [-0.2, 0) is 17.8 Å². The van der Waals surface area contributed by atoms with Crippen molar-refractivity contribution < 1.29 is 9.53 Å². The molecule has 0 aliphatic heterocycles. The molecule has 0 aliphatic carbocycles. The van der Waals surface area contributed by atoms with Gasteiger partial charge in [0.15, 0.2) is 0 Å². The Morgan fingerprint density at radius 3 is 2.68 bits per heavy atom. The molecule has 0 aliphatic rings. The van der Waals surface area contributed by atoms with Crippen molar-refractivity contribution in [3.8, 4) is 10.9 Å². The molecule has 6 heteroatoms. The molecular formula is C16H14N2O2S2. The summed E-state index contributed by atoms with van der Waals surface area (Å²) in [7, 11) is 0. The third kappa shape index (κ3) is 4.16. The largest absolute Gasteiger partial charge is 0.431 e. The van der Waals surface area contributed by atoms with Crippen molar-refractivity contribution in [2.24, 2.45) is 0 Å². The van der Waals surface area contributed by atoms with Crippen LogP contribution in [0.5, 0.6) is 10.9 Å². The van der Waals surface area contributed by atoms with Gasteiger partial charge in [0.25, 0.3) is 5.19 Å². The Hall–Kier alpha value is -2.18. The predicted molar refractivity (Wildman–Crippen MR) is 88.5 cm³/mol. The van der Waals surface area contributed by atoms with Crippen molar-refractivity contribution in [2.45, 2.75) is 13.0 Å². The molecule has 0 radical (unpaired) electrons. The zero-order valence-electron chi connectivity index (χ0n) is 11.7. The fraction of sp³-hybridized carbons (Fsp3) is 0.125. The SMILES string of the molecule is O=C(Cc1cccs1)NCc1ccc(Oc2nccs2)cc1. The van der Waals surface area contributed by atoms with Crippen LogP contribution in [0.15, 0.2) is 53.4 Å². The molecule has 0 saturated heterocycles. The van der Waals surface area contributed by atoms with Gasteiger partial charge >= 0.3 is 0 Å². The molecule has 3 rings (SSSR count). The molecule has 0 bridgehead atoms. The quantitative estimate of drug-likeness (QED) is 0.747. The summed E-state index contributed by atoms with van der Waals surface area (Å²) in [6, 6.07) is 11.6. The van der Waals surface area contributed by atoms with Gasteiger partial charge in [-0.2, -0.15) is 0 Å². The predicted octanol–water partition coefficient (Wildman–Crippen LogP) is 3.86. The van der Waals surface area contributed by atoms with Gasteiger partial charge in [0, 0.05) is 23.0 Å². The van der Waals surface area contributed by atoms with Crippen LogP contribution in [0.1, 0.15) is 10.4 Å². The number of thiophene rings is 1. The van der Waals surface area contributed by atoms with Gasteiger partial charge in [0.05, 0.1) is 6.42 Å². The van der Waals surface area contributed by atoms with E-state index in [9.17, 15) is 4.79 Å². The summed E-state index contributed by atoms with van der Waals surface area (Å²) in [4.78, 5) is 17.0. The second-order valence-electron chi connectivity index (χ2n) is 4.58. The number of nitrogens with one attached hydrogen (secondary N) is 1. The van der Waals surface area contributed by atoms with E-state index < -0.39 is 0 Å². The maximum absolute atomic E-state index is 11.8. The highest BCUT2D eigenvalue weighted by Crippen LogP contribution is 2.23. The zero-order valence-corrected chi connectivity index (χ0v) is 13.3. The van der Waals surface area contributed by atoms with Crippen molar-refractivity contribution in [2.75, 3.05) is 0 Å². The molecule has 0 spiro atoms. The Kier molecular flexibility index (Phi) is 4.82. The van der Waals surface area contributed by atoms with Crippen LogP contribution in [0.2, 0.25) is 0 Å². The van der Waals surface area contributed by atoms with Crippen LogP contribution in [0.25, 0.3) is 0 Å². The number of rotatable bonds is 6. The molecule has 0 fully saturated rings. The normalized spacial score (nSPS) is 10.4. The Balaban J connectivity index is 1.49. The van der Waals surface area contributed by atoms with E-state index in [2.05, 4.69) is 10.3 Å².